The first-order valence-corrected chi connectivity index (χ1v) is 8.37. The maximum atomic E-state index is 12.3. The summed E-state index contributed by atoms with van der Waals surface area (Å²) in [6.07, 6.45) is 1.14. The molecule has 0 saturated heterocycles. The Morgan fingerprint density at radius 2 is 1.75 bits per heavy atom. The zero-order chi connectivity index (χ0) is 15.2. The lowest BCUT2D eigenvalue weighted by molar-refractivity contribution is -0.328. The van der Waals surface area contributed by atoms with Gasteiger partial charge in [-0.3, -0.25) is 0 Å². The van der Waals surface area contributed by atoms with Crippen molar-refractivity contribution in [3.05, 3.63) is 63.5 Å². The van der Waals surface area contributed by atoms with Crippen molar-refractivity contribution >= 4 is 10.1 Å². The fourth-order valence-corrected chi connectivity index (χ4v) is 2.24. The van der Waals surface area contributed by atoms with Gasteiger partial charge in [0.15, 0.2) is 3.57 Å². The summed E-state index contributed by atoms with van der Waals surface area (Å²) in [6, 6.07) is 12.6. The van der Waals surface area contributed by atoms with Gasteiger partial charge >= 0.3 is 0 Å². The molecule has 0 aliphatic carbocycles. The van der Waals surface area contributed by atoms with E-state index in [0.29, 0.717) is 6.07 Å². The summed E-state index contributed by atoms with van der Waals surface area (Å²) in [6.45, 7) is 2.17. The van der Waals surface area contributed by atoms with Gasteiger partial charge in [-0.05, 0) is 42.3 Å². The van der Waals surface area contributed by atoms with E-state index in [1.54, 1.807) is 0 Å². The Morgan fingerprint density at radius 1 is 1.15 bits per heavy atom. The second-order valence-electron chi connectivity index (χ2n) is 3.91. The van der Waals surface area contributed by atoms with Crippen molar-refractivity contribution in [2.75, 3.05) is 0 Å². The Bertz CT molecular complexity index is 654. The van der Waals surface area contributed by atoms with Crippen molar-refractivity contribution in [3.8, 4) is 0 Å². The number of benzene rings is 2. The highest BCUT2D eigenvalue weighted by atomic mass is 127. The lowest BCUT2D eigenvalue weighted by atomic mass is 10.2. The van der Waals surface area contributed by atoms with E-state index in [1.807, 2.05) is 22.6 Å². The molecule has 0 N–H and O–H groups in total. The third kappa shape index (κ3) is 5.98. The quantitative estimate of drug-likeness (QED) is 0.495. The largest absolute Gasteiger partial charge is 0.744 e. The summed E-state index contributed by atoms with van der Waals surface area (Å²) in [4.78, 5) is -0.544. The van der Waals surface area contributed by atoms with E-state index in [1.165, 1.54) is 15.2 Å². The van der Waals surface area contributed by atoms with Crippen LogP contribution in [0.15, 0.2) is 53.4 Å². The van der Waals surface area contributed by atoms with Gasteiger partial charge < -0.3 is 4.55 Å². The van der Waals surface area contributed by atoms with Crippen molar-refractivity contribution in [2.24, 2.45) is 0 Å². The number of hydrogen-bond acceptors (Lipinski definition) is 3. The summed E-state index contributed by atoms with van der Waals surface area (Å²) >= 11 is 2.04. The fraction of sp³-hybridized carbons (Fsp3) is 0.143. The first kappa shape index (κ1) is 17.1. The van der Waals surface area contributed by atoms with Crippen LogP contribution >= 0.6 is 0 Å². The van der Waals surface area contributed by atoms with Gasteiger partial charge in [-0.1, -0.05) is 25.1 Å². The predicted octanol–water partition coefficient (Wildman–Crippen LogP) is -0.566. The minimum absolute atomic E-state index is 0.544. The molecular formula is C14H14FIO3S. The van der Waals surface area contributed by atoms with Gasteiger partial charge in [-0.15, -0.1) is 0 Å². The SMILES string of the molecule is CCc1ccc([IH+])cc1.O=S(=O)([O-])c1cccc(F)c1. The molecule has 0 amide bonds. The van der Waals surface area contributed by atoms with Crippen LogP contribution in [0.3, 0.4) is 0 Å². The van der Waals surface area contributed by atoms with Gasteiger partial charge in [0, 0.05) is 0 Å². The van der Waals surface area contributed by atoms with E-state index in [-0.39, 0.29) is 0 Å². The number of rotatable bonds is 2. The second kappa shape index (κ2) is 7.70. The van der Waals surface area contributed by atoms with Gasteiger partial charge in [-0.2, -0.15) is 0 Å². The standard InChI is InChI=1S/C8H10I.C6H5FO3S/c1-2-7-3-5-8(9)6-4-7;7-5-2-1-3-6(4-5)11(8,9)10/h3-6,9H,2H2,1H3;1-4H,(H,8,9,10)/q+1;/p-1. The molecule has 3 nitrogen and oxygen atoms in total. The zero-order valence-electron chi connectivity index (χ0n) is 10.7. The highest BCUT2D eigenvalue weighted by molar-refractivity contribution is 7.85. The molecule has 2 rings (SSSR count). The average molecular weight is 408 g/mol. The monoisotopic (exact) mass is 408 g/mol. The molecule has 0 aromatic heterocycles. The van der Waals surface area contributed by atoms with Gasteiger partial charge in [0.05, 0.1) is 4.90 Å². The molecule has 2 aromatic rings. The maximum Gasteiger partial charge on any atom is 0.296 e. The lowest BCUT2D eigenvalue weighted by Gasteiger charge is -2.05. The minimum Gasteiger partial charge on any atom is -0.744 e. The Labute approximate surface area is 131 Å². The third-order valence-electron chi connectivity index (χ3n) is 2.42. The van der Waals surface area contributed by atoms with Gasteiger partial charge in [-0.25, -0.2) is 12.8 Å². The predicted molar refractivity (Wildman–Crippen MR) is 70.3 cm³/mol. The minimum atomic E-state index is -4.52. The van der Waals surface area contributed by atoms with E-state index < -0.39 is 20.8 Å². The molecule has 0 aliphatic rings. The Hall–Kier alpha value is -0.990. The first-order chi connectivity index (χ1) is 9.32. The van der Waals surface area contributed by atoms with Crippen LogP contribution in [0.25, 0.3) is 0 Å². The van der Waals surface area contributed by atoms with E-state index in [4.69, 9.17) is 0 Å². The molecular weight excluding hydrogens is 394 g/mol. The van der Waals surface area contributed by atoms with Crippen LogP contribution in [0.2, 0.25) is 0 Å². The Kier molecular flexibility index (Phi) is 6.57. The smallest absolute Gasteiger partial charge is 0.296 e. The van der Waals surface area contributed by atoms with Gasteiger partial charge in [0.1, 0.15) is 15.9 Å². The molecule has 0 bridgehead atoms. The molecule has 0 heterocycles. The van der Waals surface area contributed by atoms with Crippen LogP contribution in [0.5, 0.6) is 0 Å². The van der Waals surface area contributed by atoms with Crippen LogP contribution in [0, 0.1) is 9.39 Å². The van der Waals surface area contributed by atoms with Gasteiger partial charge in [0.2, 0.25) is 0 Å². The fourth-order valence-electron chi connectivity index (χ4n) is 1.35. The summed E-state index contributed by atoms with van der Waals surface area (Å²) in [7, 11) is -4.52. The van der Waals surface area contributed by atoms with E-state index in [9.17, 15) is 17.4 Å². The molecule has 0 aliphatic heterocycles. The first-order valence-electron chi connectivity index (χ1n) is 5.80. The van der Waals surface area contributed by atoms with Crippen molar-refractivity contribution in [2.45, 2.75) is 18.2 Å². The molecule has 0 radical (unpaired) electrons. The molecule has 0 saturated carbocycles. The number of halogens is 2. The van der Waals surface area contributed by atoms with Crippen molar-refractivity contribution in [1.29, 1.82) is 0 Å². The molecule has 0 fully saturated rings. The summed E-state index contributed by atoms with van der Waals surface area (Å²) in [5.74, 6) is -0.734. The summed E-state index contributed by atoms with van der Waals surface area (Å²) < 4.78 is 44.4. The average Bonchev–Trinajstić information content (AvgIpc) is 2.39. The third-order valence-corrected chi connectivity index (χ3v) is 4.02. The van der Waals surface area contributed by atoms with Gasteiger partial charge in [0.25, 0.3) is 22.6 Å². The van der Waals surface area contributed by atoms with Crippen LogP contribution in [-0.4, -0.2) is 13.0 Å². The van der Waals surface area contributed by atoms with Crippen molar-refractivity contribution in [1.82, 2.24) is 0 Å². The summed E-state index contributed by atoms with van der Waals surface area (Å²) in [5, 5.41) is 0. The maximum absolute atomic E-state index is 12.3. The van der Waals surface area contributed by atoms with E-state index in [0.717, 1.165) is 18.6 Å². The zero-order valence-corrected chi connectivity index (χ0v) is 13.9. The molecule has 108 valence electrons. The van der Waals surface area contributed by atoms with Crippen LogP contribution < -0.4 is 22.6 Å². The Balaban J connectivity index is 0.000000204. The molecule has 6 heteroatoms. The highest BCUT2D eigenvalue weighted by Gasteiger charge is 2.00. The molecule has 20 heavy (non-hydrogen) atoms. The molecule has 0 atom stereocenters. The van der Waals surface area contributed by atoms with Crippen molar-refractivity contribution in [3.63, 3.8) is 0 Å². The van der Waals surface area contributed by atoms with E-state index >= 15 is 0 Å². The number of aryl methyl sites for hydroxylation is 1. The highest BCUT2D eigenvalue weighted by Crippen LogP contribution is 2.08. The van der Waals surface area contributed by atoms with Crippen LogP contribution in [0.4, 0.5) is 4.39 Å². The normalized spacial score (nSPS) is 10.6. The molecule has 0 unspecified atom stereocenters. The lowest BCUT2D eigenvalue weighted by Crippen LogP contribution is -3.34. The number of hydrogen-bond donors (Lipinski definition) is 0. The van der Waals surface area contributed by atoms with E-state index in [2.05, 4.69) is 31.2 Å². The molecule has 2 aromatic carbocycles. The summed E-state index contributed by atoms with van der Waals surface area (Å²) in [5.41, 5.74) is 1.42. The van der Waals surface area contributed by atoms with Crippen LogP contribution in [0.1, 0.15) is 12.5 Å². The topological polar surface area (TPSA) is 57.2 Å². The van der Waals surface area contributed by atoms with Crippen molar-refractivity contribution < 1.29 is 40.0 Å². The molecule has 0 spiro atoms. The second-order valence-corrected chi connectivity index (χ2v) is 6.63. The Morgan fingerprint density at radius 3 is 2.15 bits per heavy atom. The van der Waals surface area contributed by atoms with Crippen LogP contribution in [-0.2, 0) is 16.5 Å².